The van der Waals surface area contributed by atoms with Gasteiger partial charge in [0, 0.05) is 0 Å². The van der Waals surface area contributed by atoms with E-state index in [4.69, 9.17) is 37.9 Å². The fourth-order valence-corrected chi connectivity index (χ4v) is 3.94. The molecule has 2 aromatic rings. The molecule has 0 bridgehead atoms. The van der Waals surface area contributed by atoms with Gasteiger partial charge >= 0.3 is 47.8 Å². The first-order valence-corrected chi connectivity index (χ1v) is 16.6. The molecule has 0 aliphatic heterocycles. The molecule has 0 aliphatic carbocycles. The van der Waals surface area contributed by atoms with Gasteiger partial charge in [-0.2, -0.15) is 0 Å². The maximum absolute atomic E-state index is 12.4. The van der Waals surface area contributed by atoms with Gasteiger partial charge in [-0.1, -0.05) is 63.8 Å². The lowest BCUT2D eigenvalue weighted by atomic mass is 10.2. The normalized spacial score (nSPS) is 10.3. The number of hydrogen-bond donors (Lipinski definition) is 0. The Balaban J connectivity index is 1.71. The summed E-state index contributed by atoms with van der Waals surface area (Å²) < 4.78 is 39.6. The first-order chi connectivity index (χ1) is 25.0. The third-order valence-corrected chi connectivity index (χ3v) is 6.56. The van der Waals surface area contributed by atoms with Crippen molar-refractivity contribution in [2.45, 2.75) is 65.2 Å². The highest BCUT2D eigenvalue weighted by atomic mass is 16.6. The lowest BCUT2D eigenvalue weighted by Crippen LogP contribution is -2.22. The molecule has 2 aromatic carbocycles. The maximum Gasteiger partial charge on any atom is 0.349 e. The van der Waals surface area contributed by atoms with Crippen molar-refractivity contribution < 1.29 is 76.3 Å². The second-order valence-electron chi connectivity index (χ2n) is 10.8. The summed E-state index contributed by atoms with van der Waals surface area (Å²) in [7, 11) is 0. The highest BCUT2D eigenvalue weighted by molar-refractivity contribution is 5.95. The fourth-order valence-electron chi connectivity index (χ4n) is 3.94. The van der Waals surface area contributed by atoms with Crippen molar-refractivity contribution in [2.24, 2.45) is 0 Å². The summed E-state index contributed by atoms with van der Waals surface area (Å²) in [5.41, 5.74) is -0.332. The van der Waals surface area contributed by atoms with Gasteiger partial charge in [0.15, 0.2) is 26.4 Å². The number of esters is 8. The van der Waals surface area contributed by atoms with Crippen molar-refractivity contribution in [1.29, 1.82) is 0 Å². The van der Waals surface area contributed by atoms with Crippen molar-refractivity contribution >= 4 is 47.8 Å². The molecule has 0 saturated heterocycles. The molecule has 0 N–H and O–H groups in total. The van der Waals surface area contributed by atoms with Crippen LogP contribution in [-0.2, 0) is 57.2 Å². The van der Waals surface area contributed by atoms with Crippen LogP contribution in [0, 0.1) is 0 Å². The van der Waals surface area contributed by atoms with Gasteiger partial charge in [0.1, 0.15) is 22.6 Å². The van der Waals surface area contributed by atoms with Crippen molar-refractivity contribution in [3.63, 3.8) is 0 Å². The Kier molecular flexibility index (Phi) is 19.9. The highest BCUT2D eigenvalue weighted by Gasteiger charge is 2.21. The number of ether oxygens (including phenoxy) is 8. The molecule has 0 atom stereocenters. The number of rotatable bonds is 23. The second kappa shape index (κ2) is 24.4. The summed E-state index contributed by atoms with van der Waals surface area (Å²) in [6, 6.07) is 11.1. The zero-order valence-corrected chi connectivity index (χ0v) is 29.1. The Hall–Kier alpha value is -5.80. The molecule has 16 nitrogen and oxygen atoms in total. The van der Waals surface area contributed by atoms with Crippen LogP contribution in [0.1, 0.15) is 85.9 Å². The molecule has 52 heavy (non-hydrogen) atoms. The Morgan fingerprint density at radius 3 is 1.17 bits per heavy atom. The number of para-hydroxylation sites is 2. The van der Waals surface area contributed by atoms with Crippen LogP contribution in [0.5, 0.6) is 11.5 Å². The Labute approximate surface area is 299 Å². The molecule has 0 aromatic heterocycles. The molecule has 0 heterocycles. The van der Waals surface area contributed by atoms with E-state index >= 15 is 0 Å². The number of unbranched alkanes of at least 4 members (excludes halogenated alkanes) is 4. The Morgan fingerprint density at radius 1 is 0.423 bits per heavy atom. The van der Waals surface area contributed by atoms with Gasteiger partial charge in [0.2, 0.25) is 0 Å². The molecule has 0 aliphatic rings. The van der Waals surface area contributed by atoms with Gasteiger partial charge in [-0.15, -0.1) is 0 Å². The first-order valence-electron chi connectivity index (χ1n) is 16.6. The summed E-state index contributed by atoms with van der Waals surface area (Å²) >= 11 is 0. The molecule has 0 spiro atoms. The van der Waals surface area contributed by atoms with Gasteiger partial charge in [-0.05, 0) is 37.1 Å². The third-order valence-electron chi connectivity index (χ3n) is 6.56. The summed E-state index contributed by atoms with van der Waals surface area (Å²) in [6.07, 6.45) is 3.98. The fraction of sp³-hybridized carbons (Fsp3) is 0.444. The van der Waals surface area contributed by atoms with Crippen molar-refractivity contribution in [1.82, 2.24) is 0 Å². The molecular weight excluding hydrogens is 688 g/mol. The minimum Gasteiger partial charge on any atom is -0.463 e. The van der Waals surface area contributed by atoms with Crippen molar-refractivity contribution in [3.05, 3.63) is 59.7 Å². The molecule has 0 radical (unpaired) electrons. The molecule has 0 unspecified atom stereocenters. The molecule has 16 heteroatoms. The lowest BCUT2D eigenvalue weighted by Gasteiger charge is -2.11. The Morgan fingerprint density at radius 2 is 0.788 bits per heavy atom. The number of carbonyl (C=O) groups excluding carboxylic acids is 8. The van der Waals surface area contributed by atoms with E-state index in [0.717, 1.165) is 25.7 Å². The second-order valence-corrected chi connectivity index (χ2v) is 10.8. The van der Waals surface area contributed by atoms with E-state index in [1.807, 2.05) is 13.8 Å². The molecule has 0 saturated carbocycles. The average molecular weight is 731 g/mol. The summed E-state index contributed by atoms with van der Waals surface area (Å²) in [5, 5.41) is 0. The van der Waals surface area contributed by atoms with Crippen LogP contribution < -0.4 is 9.47 Å². The van der Waals surface area contributed by atoms with E-state index in [-0.39, 0.29) is 35.8 Å². The van der Waals surface area contributed by atoms with Crippen LogP contribution in [-0.4, -0.2) is 87.4 Å². The number of benzene rings is 2. The minimum absolute atomic E-state index is 0.166. The lowest BCUT2D eigenvalue weighted by molar-refractivity contribution is -0.157. The van der Waals surface area contributed by atoms with Crippen LogP contribution >= 0.6 is 0 Å². The minimum atomic E-state index is -1.05. The van der Waals surface area contributed by atoms with Crippen LogP contribution in [0.4, 0.5) is 0 Å². The van der Waals surface area contributed by atoms with Crippen molar-refractivity contribution in [3.8, 4) is 11.5 Å². The zero-order valence-electron chi connectivity index (χ0n) is 29.1. The molecular formula is C36H42O16. The van der Waals surface area contributed by atoms with Crippen LogP contribution in [0.3, 0.4) is 0 Å². The third kappa shape index (κ3) is 17.2. The maximum atomic E-state index is 12.4. The standard InChI is InChI=1S/C36H42O16/c1-3-5-11-19-45-31(39)21-49-35(43)25-13-7-9-15-27(25)51-33(41)23-47-29(37)17-18-30(38)48-24-34(42)52-28-16-10-8-14-26(28)36(44)50-22-32(40)46-20-12-6-4-2/h7-10,13-16H,3-6,11-12,17-24H2,1-2H3. The van der Waals surface area contributed by atoms with E-state index in [1.165, 1.54) is 48.5 Å². The van der Waals surface area contributed by atoms with E-state index < -0.39 is 87.0 Å². The van der Waals surface area contributed by atoms with Crippen LogP contribution in [0.25, 0.3) is 0 Å². The zero-order chi connectivity index (χ0) is 38.1. The van der Waals surface area contributed by atoms with Crippen molar-refractivity contribution in [2.75, 3.05) is 39.6 Å². The van der Waals surface area contributed by atoms with E-state index in [1.54, 1.807) is 0 Å². The first kappa shape index (κ1) is 42.4. The molecule has 2 rings (SSSR count). The predicted molar refractivity (Wildman–Crippen MR) is 177 cm³/mol. The van der Waals surface area contributed by atoms with E-state index in [2.05, 4.69) is 0 Å². The summed E-state index contributed by atoms with van der Waals surface area (Å²) in [6.45, 7) is 1.38. The largest absolute Gasteiger partial charge is 0.463 e. The average Bonchev–Trinajstić information content (AvgIpc) is 3.14. The Bertz CT molecular complexity index is 1420. The topological polar surface area (TPSA) is 210 Å². The van der Waals surface area contributed by atoms with E-state index in [9.17, 15) is 38.4 Å². The van der Waals surface area contributed by atoms with E-state index in [0.29, 0.717) is 12.8 Å². The van der Waals surface area contributed by atoms with Gasteiger partial charge in [-0.3, -0.25) is 9.59 Å². The number of carbonyl (C=O) groups is 8. The SMILES string of the molecule is CCCCCOC(=O)COC(=O)c1ccccc1OC(=O)COC(=O)CCC(=O)OCC(=O)Oc1ccccc1C(=O)OCC(=O)OCCCCC. The quantitative estimate of drug-likeness (QED) is 0.0688. The number of hydrogen-bond acceptors (Lipinski definition) is 16. The molecule has 282 valence electrons. The smallest absolute Gasteiger partial charge is 0.349 e. The van der Waals surface area contributed by atoms with Crippen LogP contribution in [0.2, 0.25) is 0 Å². The predicted octanol–water partition coefficient (Wildman–Crippen LogP) is 3.84. The van der Waals surface area contributed by atoms with Gasteiger partial charge in [-0.25, -0.2) is 28.8 Å². The van der Waals surface area contributed by atoms with Gasteiger partial charge in [0.25, 0.3) is 0 Å². The van der Waals surface area contributed by atoms with Gasteiger partial charge in [0.05, 0.1) is 26.1 Å². The highest BCUT2D eigenvalue weighted by Crippen LogP contribution is 2.20. The molecule has 0 fully saturated rings. The molecule has 0 amide bonds. The van der Waals surface area contributed by atoms with Crippen LogP contribution in [0.15, 0.2) is 48.5 Å². The summed E-state index contributed by atoms with van der Waals surface area (Å²) in [5.74, 6) is -7.84. The summed E-state index contributed by atoms with van der Waals surface area (Å²) in [4.78, 5) is 97.1. The monoisotopic (exact) mass is 730 g/mol. The van der Waals surface area contributed by atoms with Gasteiger partial charge < -0.3 is 37.9 Å².